The summed E-state index contributed by atoms with van der Waals surface area (Å²) in [6.45, 7) is 3.61. The van der Waals surface area contributed by atoms with Crippen LogP contribution in [0.3, 0.4) is 0 Å². The van der Waals surface area contributed by atoms with Gasteiger partial charge < -0.3 is 11.1 Å². The Balaban J connectivity index is 1.78. The van der Waals surface area contributed by atoms with E-state index in [1.54, 1.807) is 17.1 Å². The first kappa shape index (κ1) is 11.4. The molecule has 3 N–H and O–H groups in total. The predicted octanol–water partition coefficient (Wildman–Crippen LogP) is 1.07. The molecule has 0 radical (unpaired) electrons. The summed E-state index contributed by atoms with van der Waals surface area (Å²) < 4.78 is 1.80. The number of nitrogens with zero attached hydrogens (tertiary/aromatic N) is 4. The summed E-state index contributed by atoms with van der Waals surface area (Å²) in [4.78, 5) is 4.24. The first-order chi connectivity index (χ1) is 8.25. The lowest BCUT2D eigenvalue weighted by Gasteiger charge is -2.08. The molecule has 0 bridgehead atoms. The van der Waals surface area contributed by atoms with Crippen LogP contribution in [-0.4, -0.2) is 26.5 Å². The van der Waals surface area contributed by atoms with Gasteiger partial charge in [-0.3, -0.25) is 4.68 Å². The maximum absolute atomic E-state index is 5.85. The van der Waals surface area contributed by atoms with Gasteiger partial charge in [-0.2, -0.15) is 0 Å². The van der Waals surface area contributed by atoms with E-state index in [-0.39, 0.29) is 0 Å². The summed E-state index contributed by atoms with van der Waals surface area (Å²) in [7, 11) is 0. The van der Waals surface area contributed by atoms with E-state index in [1.165, 1.54) is 0 Å². The van der Waals surface area contributed by atoms with Crippen LogP contribution in [0.25, 0.3) is 0 Å². The number of aromatic nitrogens is 4. The third-order valence-electron chi connectivity index (χ3n) is 2.38. The highest BCUT2D eigenvalue weighted by Gasteiger charge is 1.99. The Morgan fingerprint density at radius 1 is 1.47 bits per heavy atom. The van der Waals surface area contributed by atoms with Crippen LogP contribution in [0.2, 0.25) is 0 Å². The Hall–Kier alpha value is -2.11. The summed E-state index contributed by atoms with van der Waals surface area (Å²) in [6.07, 6.45) is 6.26. The summed E-state index contributed by atoms with van der Waals surface area (Å²) >= 11 is 0. The molecule has 0 aliphatic heterocycles. The summed E-state index contributed by atoms with van der Waals surface area (Å²) in [5.41, 5.74) is 7.60. The first-order valence-electron chi connectivity index (χ1n) is 5.56. The number of nitrogens with two attached hydrogens (primary N) is 1. The highest BCUT2D eigenvalue weighted by atomic mass is 15.4. The van der Waals surface area contributed by atoms with Gasteiger partial charge in [0.15, 0.2) is 0 Å². The monoisotopic (exact) mass is 232 g/mol. The molecule has 0 aliphatic carbocycles. The zero-order valence-corrected chi connectivity index (χ0v) is 9.80. The Bertz CT molecular complexity index is 465. The largest absolute Gasteiger partial charge is 0.396 e. The van der Waals surface area contributed by atoms with Gasteiger partial charge in [0.05, 0.1) is 11.9 Å². The molecular weight excluding hydrogens is 216 g/mol. The van der Waals surface area contributed by atoms with Gasteiger partial charge in [0.1, 0.15) is 5.82 Å². The Morgan fingerprint density at radius 3 is 3.06 bits per heavy atom. The van der Waals surface area contributed by atoms with Crippen LogP contribution in [0.5, 0.6) is 0 Å². The maximum Gasteiger partial charge on any atom is 0.149 e. The number of anilines is 2. The second-order valence-electron chi connectivity index (χ2n) is 3.90. The van der Waals surface area contributed by atoms with E-state index in [1.807, 2.05) is 19.2 Å². The van der Waals surface area contributed by atoms with E-state index in [0.29, 0.717) is 5.69 Å². The molecule has 0 atom stereocenters. The van der Waals surface area contributed by atoms with Crippen molar-refractivity contribution in [2.24, 2.45) is 0 Å². The van der Waals surface area contributed by atoms with Crippen LogP contribution in [0.1, 0.15) is 12.0 Å². The predicted molar refractivity (Wildman–Crippen MR) is 66.5 cm³/mol. The standard InChI is InChI=1S/C11H16N6/c1-9-7-10(12)11(14-8-9)13-3-2-5-17-6-4-15-16-17/h4,6-8H,2-3,5,12H2,1H3,(H,13,14). The molecule has 0 unspecified atom stereocenters. The number of pyridine rings is 1. The maximum atomic E-state index is 5.85. The number of hydrogen-bond acceptors (Lipinski definition) is 5. The highest BCUT2D eigenvalue weighted by Crippen LogP contribution is 2.15. The van der Waals surface area contributed by atoms with Crippen molar-refractivity contribution in [3.63, 3.8) is 0 Å². The fourth-order valence-corrected chi connectivity index (χ4v) is 1.54. The lowest BCUT2D eigenvalue weighted by molar-refractivity contribution is 0.569. The van der Waals surface area contributed by atoms with Crippen molar-refractivity contribution < 1.29 is 0 Å². The topological polar surface area (TPSA) is 81.7 Å². The lowest BCUT2D eigenvalue weighted by atomic mass is 10.3. The number of nitrogen functional groups attached to an aromatic ring is 1. The minimum Gasteiger partial charge on any atom is -0.396 e. The van der Waals surface area contributed by atoms with E-state index in [0.717, 1.165) is 30.9 Å². The number of nitrogens with one attached hydrogen (secondary N) is 1. The molecule has 2 rings (SSSR count). The second-order valence-corrected chi connectivity index (χ2v) is 3.90. The molecule has 2 aromatic rings. The van der Waals surface area contributed by atoms with Crippen molar-refractivity contribution >= 4 is 11.5 Å². The van der Waals surface area contributed by atoms with Crippen LogP contribution in [0, 0.1) is 6.92 Å². The molecule has 0 aromatic carbocycles. The molecule has 0 fully saturated rings. The normalized spacial score (nSPS) is 10.4. The first-order valence-corrected chi connectivity index (χ1v) is 5.56. The van der Waals surface area contributed by atoms with E-state index in [4.69, 9.17) is 5.73 Å². The van der Waals surface area contributed by atoms with E-state index < -0.39 is 0 Å². The Labute approximate surface area is 99.9 Å². The number of hydrogen-bond donors (Lipinski definition) is 2. The Morgan fingerprint density at radius 2 is 2.35 bits per heavy atom. The number of rotatable bonds is 5. The number of aryl methyl sites for hydroxylation is 2. The van der Waals surface area contributed by atoms with Crippen molar-refractivity contribution in [1.29, 1.82) is 0 Å². The lowest BCUT2D eigenvalue weighted by Crippen LogP contribution is -2.09. The molecule has 2 aromatic heterocycles. The van der Waals surface area contributed by atoms with Gasteiger partial charge in [-0.1, -0.05) is 5.21 Å². The molecule has 2 heterocycles. The third-order valence-corrected chi connectivity index (χ3v) is 2.38. The van der Waals surface area contributed by atoms with Gasteiger partial charge in [0.25, 0.3) is 0 Å². The minimum absolute atomic E-state index is 0.686. The van der Waals surface area contributed by atoms with E-state index >= 15 is 0 Å². The highest BCUT2D eigenvalue weighted by molar-refractivity contribution is 5.61. The average Bonchev–Trinajstić information content (AvgIpc) is 2.79. The summed E-state index contributed by atoms with van der Waals surface area (Å²) in [5.74, 6) is 0.745. The summed E-state index contributed by atoms with van der Waals surface area (Å²) in [5, 5.41) is 10.8. The molecule has 0 spiro atoms. The molecule has 90 valence electrons. The molecule has 0 saturated carbocycles. The van der Waals surface area contributed by atoms with Gasteiger partial charge >= 0.3 is 0 Å². The molecule has 0 saturated heterocycles. The quantitative estimate of drug-likeness (QED) is 0.753. The second kappa shape index (κ2) is 5.29. The third kappa shape index (κ3) is 3.17. The molecule has 0 aliphatic rings. The average molecular weight is 232 g/mol. The fourth-order valence-electron chi connectivity index (χ4n) is 1.54. The van der Waals surface area contributed by atoms with Crippen molar-refractivity contribution in [2.75, 3.05) is 17.6 Å². The van der Waals surface area contributed by atoms with E-state index in [9.17, 15) is 0 Å². The smallest absolute Gasteiger partial charge is 0.149 e. The van der Waals surface area contributed by atoms with Crippen molar-refractivity contribution in [2.45, 2.75) is 19.9 Å². The molecule has 17 heavy (non-hydrogen) atoms. The van der Waals surface area contributed by atoms with Gasteiger partial charge in [0, 0.05) is 25.5 Å². The Kier molecular flexibility index (Phi) is 3.54. The zero-order valence-electron chi connectivity index (χ0n) is 9.80. The molecule has 0 amide bonds. The van der Waals surface area contributed by atoms with Crippen LogP contribution >= 0.6 is 0 Å². The van der Waals surface area contributed by atoms with Crippen molar-refractivity contribution in [3.05, 3.63) is 30.2 Å². The SMILES string of the molecule is Cc1cnc(NCCCn2ccnn2)c(N)c1. The van der Waals surface area contributed by atoms with Crippen LogP contribution in [0.15, 0.2) is 24.7 Å². The van der Waals surface area contributed by atoms with Crippen LogP contribution in [0.4, 0.5) is 11.5 Å². The van der Waals surface area contributed by atoms with Crippen molar-refractivity contribution in [1.82, 2.24) is 20.0 Å². The summed E-state index contributed by atoms with van der Waals surface area (Å²) in [6, 6.07) is 1.91. The van der Waals surface area contributed by atoms with Crippen molar-refractivity contribution in [3.8, 4) is 0 Å². The molecule has 6 heteroatoms. The van der Waals surface area contributed by atoms with E-state index in [2.05, 4.69) is 20.6 Å². The van der Waals surface area contributed by atoms with Gasteiger partial charge in [-0.15, -0.1) is 5.10 Å². The van der Waals surface area contributed by atoms with Crippen LogP contribution < -0.4 is 11.1 Å². The minimum atomic E-state index is 0.686. The van der Waals surface area contributed by atoms with Crippen LogP contribution in [-0.2, 0) is 6.54 Å². The van der Waals surface area contributed by atoms with Gasteiger partial charge in [-0.25, -0.2) is 4.98 Å². The van der Waals surface area contributed by atoms with Gasteiger partial charge in [-0.05, 0) is 25.0 Å². The molecular formula is C11H16N6. The fraction of sp³-hybridized carbons (Fsp3) is 0.364. The molecule has 6 nitrogen and oxygen atoms in total. The zero-order chi connectivity index (χ0) is 12.1. The van der Waals surface area contributed by atoms with Gasteiger partial charge in [0.2, 0.25) is 0 Å².